The van der Waals surface area contributed by atoms with Crippen molar-refractivity contribution in [1.29, 1.82) is 0 Å². The van der Waals surface area contributed by atoms with E-state index in [0.717, 1.165) is 28.5 Å². The molecule has 1 fully saturated rings. The topological polar surface area (TPSA) is 165 Å². The van der Waals surface area contributed by atoms with Crippen molar-refractivity contribution >= 4 is 69.2 Å². The Morgan fingerprint density at radius 3 is 2.09 bits per heavy atom. The van der Waals surface area contributed by atoms with Gasteiger partial charge in [0.05, 0.1) is 15.2 Å². The number of nitro groups is 1. The standard InChI is InChI=1S/C42H38N6O7S3/c1-41(2,3)55-38(51)35-39(58-30-22-14-21-29(23-30)48(52)53)56-25-32-34(37(50)47(32)35)44-36(49)33(46-54-4)31-24-57-40(43-31)45-42(26-15-8-5-9-16-26,27-17-10-6-11-18-27)28-19-12-7-13-20-28/h5-24,32,34H,25H2,1-4H3,(H,43,45)(H,44,49). The molecule has 16 heteroatoms. The van der Waals surface area contributed by atoms with E-state index in [1.54, 1.807) is 38.3 Å². The zero-order valence-corrected chi connectivity index (χ0v) is 34.2. The summed E-state index contributed by atoms with van der Waals surface area (Å²) in [7, 11) is 1.32. The van der Waals surface area contributed by atoms with Crippen LogP contribution in [0.15, 0.2) is 141 Å². The number of hydrogen-bond donors (Lipinski definition) is 2. The number of amides is 2. The fourth-order valence-corrected chi connectivity index (χ4v) is 10.00. The van der Waals surface area contributed by atoms with Crippen molar-refractivity contribution in [1.82, 2.24) is 15.2 Å². The number of carbonyl (C=O) groups excluding carboxylic acids is 3. The smallest absolute Gasteiger partial charge is 0.357 e. The van der Waals surface area contributed by atoms with Gasteiger partial charge >= 0.3 is 5.97 Å². The molecule has 0 bridgehead atoms. The van der Waals surface area contributed by atoms with Crippen LogP contribution >= 0.6 is 34.9 Å². The molecule has 58 heavy (non-hydrogen) atoms. The lowest BCUT2D eigenvalue weighted by molar-refractivity contribution is -0.385. The second-order valence-electron chi connectivity index (χ2n) is 14.2. The lowest BCUT2D eigenvalue weighted by atomic mass is 9.77. The van der Waals surface area contributed by atoms with E-state index in [9.17, 15) is 24.5 Å². The van der Waals surface area contributed by atoms with Crippen LogP contribution in [0.25, 0.3) is 0 Å². The number of oxime groups is 1. The molecule has 4 aromatic carbocycles. The Morgan fingerprint density at radius 1 is 0.931 bits per heavy atom. The number of carbonyl (C=O) groups is 3. The van der Waals surface area contributed by atoms with Gasteiger partial charge in [-0.05, 0) is 43.5 Å². The summed E-state index contributed by atoms with van der Waals surface area (Å²) < 4.78 is 6.16. The molecule has 2 N–H and O–H groups in total. The number of aromatic nitrogens is 1. The van der Waals surface area contributed by atoms with E-state index in [4.69, 9.17) is 14.6 Å². The van der Waals surface area contributed by atoms with Crippen LogP contribution in [0.1, 0.15) is 43.2 Å². The number of ether oxygens (including phenoxy) is 1. The minimum atomic E-state index is -0.998. The number of esters is 1. The van der Waals surface area contributed by atoms with Gasteiger partial charge in [0.25, 0.3) is 17.5 Å². The van der Waals surface area contributed by atoms with E-state index < -0.39 is 45.9 Å². The van der Waals surface area contributed by atoms with Gasteiger partial charge in [0.15, 0.2) is 16.5 Å². The molecule has 2 amide bonds. The van der Waals surface area contributed by atoms with Crippen LogP contribution < -0.4 is 10.6 Å². The maximum absolute atomic E-state index is 14.0. The molecule has 1 saturated heterocycles. The molecule has 2 unspecified atom stereocenters. The normalized spacial score (nSPS) is 16.9. The molecule has 2 aliphatic rings. The van der Waals surface area contributed by atoms with E-state index >= 15 is 0 Å². The van der Waals surface area contributed by atoms with Gasteiger partial charge in [0.2, 0.25) is 0 Å². The highest BCUT2D eigenvalue weighted by atomic mass is 32.2. The number of non-ortho nitro benzene ring substituents is 1. The summed E-state index contributed by atoms with van der Waals surface area (Å²) in [4.78, 5) is 64.3. The minimum Gasteiger partial charge on any atom is -0.455 e. The molecule has 5 aromatic rings. The first-order valence-electron chi connectivity index (χ1n) is 18.1. The van der Waals surface area contributed by atoms with Crippen LogP contribution in [0, 0.1) is 10.1 Å². The first-order valence-corrected chi connectivity index (χ1v) is 20.8. The van der Waals surface area contributed by atoms with Crippen LogP contribution in [0.4, 0.5) is 10.8 Å². The lowest BCUT2D eigenvalue weighted by Crippen LogP contribution is -2.73. The Bertz CT molecular complexity index is 2310. The Morgan fingerprint density at radius 2 is 1.53 bits per heavy atom. The van der Waals surface area contributed by atoms with Crippen molar-refractivity contribution < 1.29 is 28.9 Å². The minimum absolute atomic E-state index is 0.0166. The number of hydrogen-bond acceptors (Lipinski definition) is 13. The molecule has 13 nitrogen and oxygen atoms in total. The molecule has 0 saturated carbocycles. The van der Waals surface area contributed by atoms with Crippen molar-refractivity contribution in [3.63, 3.8) is 0 Å². The Hall–Kier alpha value is -5.97. The predicted molar refractivity (Wildman–Crippen MR) is 225 cm³/mol. The van der Waals surface area contributed by atoms with Crippen LogP contribution in [-0.4, -0.2) is 68.8 Å². The van der Waals surface area contributed by atoms with Crippen molar-refractivity contribution in [2.75, 3.05) is 18.2 Å². The third kappa shape index (κ3) is 8.21. The van der Waals surface area contributed by atoms with E-state index in [2.05, 4.69) is 15.8 Å². The first-order chi connectivity index (χ1) is 27.9. The van der Waals surface area contributed by atoms with Gasteiger partial charge < -0.3 is 20.2 Å². The number of β-lactam (4-membered cyclic amide) rings is 1. The second-order valence-corrected chi connectivity index (χ2v) is 17.4. The maximum atomic E-state index is 14.0. The summed E-state index contributed by atoms with van der Waals surface area (Å²) in [6.45, 7) is 5.15. The highest BCUT2D eigenvalue weighted by Crippen LogP contribution is 2.47. The van der Waals surface area contributed by atoms with E-state index in [1.807, 2.05) is 91.0 Å². The summed E-state index contributed by atoms with van der Waals surface area (Å²) in [5.74, 6) is -1.62. The van der Waals surface area contributed by atoms with E-state index in [1.165, 1.54) is 47.2 Å². The van der Waals surface area contributed by atoms with Crippen molar-refractivity contribution in [2.24, 2.45) is 5.16 Å². The fourth-order valence-electron chi connectivity index (χ4n) is 6.72. The molecule has 7 rings (SSSR count). The lowest BCUT2D eigenvalue weighted by Gasteiger charge is -2.50. The zero-order valence-electron chi connectivity index (χ0n) is 31.8. The molecule has 296 valence electrons. The molecule has 0 radical (unpaired) electrons. The van der Waals surface area contributed by atoms with Crippen LogP contribution in [-0.2, 0) is 29.5 Å². The van der Waals surface area contributed by atoms with Crippen molar-refractivity contribution in [3.05, 3.63) is 163 Å². The number of thiazole rings is 1. The van der Waals surface area contributed by atoms with Crippen molar-refractivity contribution in [2.45, 2.75) is 48.9 Å². The molecule has 3 heterocycles. The number of fused-ring (bicyclic) bond motifs is 1. The Kier molecular flexibility index (Phi) is 11.7. The highest BCUT2D eigenvalue weighted by Gasteiger charge is 2.55. The quantitative estimate of drug-likeness (QED) is 0.0301. The SMILES string of the molecule is CON=C(C(=O)NC1C(=O)N2C(C(=O)OC(C)(C)C)=C(Sc3cccc([N+](=O)[O-])c3)SCC12)c1csc(NC(c2ccccc2)(c2ccccc2)c2ccccc2)n1. The number of thioether (sulfide) groups is 2. The third-order valence-electron chi connectivity index (χ3n) is 9.22. The number of nitrogens with zero attached hydrogens (tertiary/aromatic N) is 4. The van der Waals surface area contributed by atoms with Crippen LogP contribution in [0.3, 0.4) is 0 Å². The Labute approximate surface area is 347 Å². The summed E-state index contributed by atoms with van der Waals surface area (Å²) in [6.07, 6.45) is 0. The molecule has 2 atom stereocenters. The summed E-state index contributed by atoms with van der Waals surface area (Å²) in [5, 5.41) is 24.2. The van der Waals surface area contributed by atoms with Gasteiger partial charge in [-0.25, -0.2) is 9.78 Å². The van der Waals surface area contributed by atoms with Gasteiger partial charge in [-0.1, -0.05) is 114 Å². The summed E-state index contributed by atoms with van der Waals surface area (Å²) in [6, 6.07) is 34.5. The zero-order chi connectivity index (χ0) is 41.0. The van der Waals surface area contributed by atoms with Gasteiger partial charge in [-0.2, -0.15) is 0 Å². The predicted octanol–water partition coefficient (Wildman–Crippen LogP) is 7.55. The largest absolute Gasteiger partial charge is 0.455 e. The first kappa shape index (κ1) is 40.2. The van der Waals surface area contributed by atoms with Gasteiger partial charge in [0, 0.05) is 28.2 Å². The average molecular weight is 835 g/mol. The molecule has 1 aromatic heterocycles. The third-order valence-corrected chi connectivity index (χ3v) is 12.4. The van der Waals surface area contributed by atoms with Gasteiger partial charge in [-0.3, -0.25) is 24.6 Å². The number of nitrogens with one attached hydrogen (secondary N) is 2. The highest BCUT2D eigenvalue weighted by molar-refractivity contribution is 8.22. The number of anilines is 1. The molecular weight excluding hydrogens is 797 g/mol. The van der Waals surface area contributed by atoms with E-state index in [-0.39, 0.29) is 22.8 Å². The van der Waals surface area contributed by atoms with Gasteiger partial charge in [-0.15, -0.1) is 23.1 Å². The number of rotatable bonds is 13. The summed E-state index contributed by atoms with van der Waals surface area (Å²) >= 11 is 3.72. The fraction of sp³-hybridized carbons (Fsp3) is 0.214. The monoisotopic (exact) mass is 834 g/mol. The molecule has 2 aliphatic heterocycles. The maximum Gasteiger partial charge on any atom is 0.357 e. The average Bonchev–Trinajstić information content (AvgIpc) is 3.69. The second kappa shape index (κ2) is 16.9. The van der Waals surface area contributed by atoms with E-state index in [0.29, 0.717) is 20.0 Å². The van der Waals surface area contributed by atoms with Crippen molar-refractivity contribution in [3.8, 4) is 0 Å². The molecule has 0 aliphatic carbocycles. The molecule has 0 spiro atoms. The molecular formula is C42H38N6O7S3. The van der Waals surface area contributed by atoms with Crippen LogP contribution in [0.2, 0.25) is 0 Å². The van der Waals surface area contributed by atoms with Crippen LogP contribution in [0.5, 0.6) is 0 Å². The Balaban J connectivity index is 1.15. The van der Waals surface area contributed by atoms with Gasteiger partial charge in [0.1, 0.15) is 30.0 Å². The summed E-state index contributed by atoms with van der Waals surface area (Å²) in [5.41, 5.74) is 1.16. The number of nitro benzene ring substituents is 1. The number of benzene rings is 4.